The minimum Gasteiger partial charge on any atom is -0.316 e. The van der Waals surface area contributed by atoms with E-state index in [1.165, 1.54) is 27.9 Å². The number of piperidine rings is 1. The molecule has 0 spiro atoms. The minimum absolute atomic E-state index is 0.952. The van der Waals surface area contributed by atoms with Crippen LogP contribution in [-0.4, -0.2) is 23.8 Å². The quantitative estimate of drug-likeness (QED) is 0.861. The molecule has 4 rings (SSSR count). The second-order valence-electron chi connectivity index (χ2n) is 4.91. The van der Waals surface area contributed by atoms with Crippen molar-refractivity contribution in [3.8, 4) is 0 Å². The van der Waals surface area contributed by atoms with Crippen LogP contribution in [0.5, 0.6) is 0 Å². The lowest BCUT2D eigenvalue weighted by molar-refractivity contribution is 0.640. The first-order valence-corrected chi connectivity index (χ1v) is 7.91. The predicted molar refractivity (Wildman–Crippen MR) is 73.7 cm³/mol. The SMILES string of the molecule is c1ccc2sc(SCC3C4CNC[C@H]43)nc2c1. The van der Waals surface area contributed by atoms with E-state index in [1.54, 1.807) is 0 Å². The van der Waals surface area contributed by atoms with Gasteiger partial charge in [-0.3, -0.25) is 0 Å². The molecule has 1 aliphatic carbocycles. The van der Waals surface area contributed by atoms with Gasteiger partial charge in [-0.25, -0.2) is 4.98 Å². The first-order chi connectivity index (χ1) is 8.42. The summed E-state index contributed by atoms with van der Waals surface area (Å²) in [4.78, 5) is 4.67. The van der Waals surface area contributed by atoms with Crippen LogP contribution in [-0.2, 0) is 0 Å². The van der Waals surface area contributed by atoms with Crippen LogP contribution in [0.1, 0.15) is 0 Å². The van der Waals surface area contributed by atoms with E-state index in [4.69, 9.17) is 0 Å². The molecule has 1 aliphatic heterocycles. The van der Waals surface area contributed by atoms with Crippen molar-refractivity contribution in [1.82, 2.24) is 10.3 Å². The largest absolute Gasteiger partial charge is 0.316 e. The van der Waals surface area contributed by atoms with Crippen molar-refractivity contribution in [3.05, 3.63) is 24.3 Å². The number of nitrogens with zero attached hydrogens (tertiary/aromatic N) is 1. The lowest BCUT2D eigenvalue weighted by Gasteiger charge is -2.01. The van der Waals surface area contributed by atoms with Crippen LogP contribution in [0.3, 0.4) is 0 Å². The molecule has 0 radical (unpaired) electrons. The highest BCUT2D eigenvalue weighted by atomic mass is 32.2. The molecule has 2 unspecified atom stereocenters. The second kappa shape index (κ2) is 3.97. The standard InChI is InChI=1S/C13H14N2S2/c1-2-4-12-11(3-1)15-13(17-12)16-7-10-8-5-14-6-9(8)10/h1-4,8-10,14H,5-7H2/t8-,9?,10?/m1/s1. The molecular weight excluding hydrogens is 248 g/mol. The lowest BCUT2D eigenvalue weighted by Crippen LogP contribution is -2.15. The van der Waals surface area contributed by atoms with Crippen molar-refractivity contribution >= 4 is 33.3 Å². The van der Waals surface area contributed by atoms with Crippen LogP contribution in [0.25, 0.3) is 10.2 Å². The van der Waals surface area contributed by atoms with E-state index in [2.05, 4.69) is 34.6 Å². The topological polar surface area (TPSA) is 24.9 Å². The summed E-state index contributed by atoms with van der Waals surface area (Å²) in [5, 5.41) is 3.45. The molecule has 2 aliphatic rings. The highest BCUT2D eigenvalue weighted by molar-refractivity contribution is 8.01. The summed E-state index contributed by atoms with van der Waals surface area (Å²) in [5.41, 5.74) is 1.15. The summed E-state index contributed by atoms with van der Waals surface area (Å²) < 4.78 is 2.55. The van der Waals surface area contributed by atoms with Gasteiger partial charge in [0.05, 0.1) is 10.2 Å². The van der Waals surface area contributed by atoms with Gasteiger partial charge < -0.3 is 5.32 Å². The molecule has 2 heterocycles. The summed E-state index contributed by atoms with van der Waals surface area (Å²) in [6.45, 7) is 2.49. The summed E-state index contributed by atoms with van der Waals surface area (Å²) >= 11 is 3.78. The second-order valence-corrected chi connectivity index (χ2v) is 7.21. The summed E-state index contributed by atoms with van der Waals surface area (Å²) in [7, 11) is 0. The minimum atomic E-state index is 0.952. The van der Waals surface area contributed by atoms with Gasteiger partial charge in [-0.05, 0) is 43.0 Å². The van der Waals surface area contributed by atoms with Crippen molar-refractivity contribution in [1.29, 1.82) is 0 Å². The van der Waals surface area contributed by atoms with Crippen molar-refractivity contribution in [3.63, 3.8) is 0 Å². The fraction of sp³-hybridized carbons (Fsp3) is 0.462. The van der Waals surface area contributed by atoms with Crippen molar-refractivity contribution in [2.75, 3.05) is 18.8 Å². The number of hydrogen-bond donors (Lipinski definition) is 1. The third-order valence-corrected chi connectivity index (χ3v) is 6.27. The van der Waals surface area contributed by atoms with Gasteiger partial charge in [0.25, 0.3) is 0 Å². The number of para-hydroxylation sites is 1. The van der Waals surface area contributed by atoms with Gasteiger partial charge in [0.2, 0.25) is 0 Å². The maximum Gasteiger partial charge on any atom is 0.151 e. The molecule has 1 saturated carbocycles. The monoisotopic (exact) mass is 262 g/mol. The number of thiazole rings is 1. The Morgan fingerprint density at radius 3 is 2.94 bits per heavy atom. The van der Waals surface area contributed by atoms with Gasteiger partial charge in [0.15, 0.2) is 4.34 Å². The maximum absolute atomic E-state index is 4.67. The zero-order valence-corrected chi connectivity index (χ0v) is 11.1. The Balaban J connectivity index is 1.45. The van der Waals surface area contributed by atoms with Crippen LogP contribution in [0.2, 0.25) is 0 Å². The number of aromatic nitrogens is 1. The van der Waals surface area contributed by atoms with E-state index in [-0.39, 0.29) is 0 Å². The average molecular weight is 262 g/mol. The third kappa shape index (κ3) is 1.79. The Bertz CT molecular complexity index is 508. The number of hydrogen-bond acceptors (Lipinski definition) is 4. The number of thioether (sulfide) groups is 1. The number of benzene rings is 1. The molecular formula is C13H14N2S2. The summed E-state index contributed by atoms with van der Waals surface area (Å²) in [5.74, 6) is 4.15. The zero-order valence-electron chi connectivity index (χ0n) is 9.43. The van der Waals surface area contributed by atoms with Gasteiger partial charge in [-0.1, -0.05) is 23.9 Å². The molecule has 2 fully saturated rings. The van der Waals surface area contributed by atoms with E-state index in [1.807, 2.05) is 23.1 Å². The molecule has 17 heavy (non-hydrogen) atoms. The van der Waals surface area contributed by atoms with E-state index >= 15 is 0 Å². The van der Waals surface area contributed by atoms with Crippen molar-refractivity contribution in [2.45, 2.75) is 4.34 Å². The molecule has 2 aromatic rings. The fourth-order valence-electron chi connectivity index (χ4n) is 2.87. The van der Waals surface area contributed by atoms with Crippen molar-refractivity contribution in [2.24, 2.45) is 17.8 Å². The Kier molecular flexibility index (Phi) is 2.42. The number of nitrogens with one attached hydrogen (secondary N) is 1. The molecule has 0 amide bonds. The molecule has 1 saturated heterocycles. The summed E-state index contributed by atoms with van der Waals surface area (Å²) in [6.07, 6.45) is 0. The van der Waals surface area contributed by atoms with Gasteiger partial charge in [0, 0.05) is 5.75 Å². The molecule has 1 N–H and O–H groups in total. The molecule has 1 aromatic carbocycles. The van der Waals surface area contributed by atoms with Crippen LogP contribution in [0.4, 0.5) is 0 Å². The van der Waals surface area contributed by atoms with E-state index in [0.717, 1.165) is 23.3 Å². The number of fused-ring (bicyclic) bond motifs is 2. The van der Waals surface area contributed by atoms with Gasteiger partial charge >= 0.3 is 0 Å². The molecule has 1 aromatic heterocycles. The lowest BCUT2D eigenvalue weighted by atomic mass is 10.3. The van der Waals surface area contributed by atoms with Crippen LogP contribution in [0, 0.1) is 17.8 Å². The first-order valence-electron chi connectivity index (χ1n) is 6.11. The van der Waals surface area contributed by atoms with Crippen LogP contribution in [0.15, 0.2) is 28.6 Å². The maximum atomic E-state index is 4.67. The third-order valence-electron chi connectivity index (χ3n) is 3.94. The molecule has 88 valence electrons. The van der Waals surface area contributed by atoms with Crippen LogP contribution >= 0.6 is 23.1 Å². The Labute approximate surface area is 109 Å². The van der Waals surface area contributed by atoms with E-state index < -0.39 is 0 Å². The molecule has 0 bridgehead atoms. The fourth-order valence-corrected chi connectivity index (χ4v) is 5.27. The zero-order chi connectivity index (χ0) is 11.2. The Morgan fingerprint density at radius 2 is 2.12 bits per heavy atom. The Morgan fingerprint density at radius 1 is 1.29 bits per heavy atom. The predicted octanol–water partition coefficient (Wildman–Crippen LogP) is 2.85. The van der Waals surface area contributed by atoms with Gasteiger partial charge in [0.1, 0.15) is 0 Å². The van der Waals surface area contributed by atoms with Gasteiger partial charge in [-0.15, -0.1) is 11.3 Å². The Hall–Kier alpha value is -0.580. The van der Waals surface area contributed by atoms with E-state index in [0.29, 0.717) is 0 Å². The summed E-state index contributed by atoms with van der Waals surface area (Å²) in [6, 6.07) is 8.41. The van der Waals surface area contributed by atoms with Crippen molar-refractivity contribution < 1.29 is 0 Å². The highest BCUT2D eigenvalue weighted by Gasteiger charge is 2.52. The molecule has 4 heteroatoms. The number of rotatable bonds is 3. The molecule has 3 atom stereocenters. The van der Waals surface area contributed by atoms with E-state index in [9.17, 15) is 0 Å². The van der Waals surface area contributed by atoms with Crippen LogP contribution < -0.4 is 5.32 Å². The highest BCUT2D eigenvalue weighted by Crippen LogP contribution is 2.51. The average Bonchev–Trinajstić information content (AvgIpc) is 2.76. The first kappa shape index (κ1) is 10.4. The smallest absolute Gasteiger partial charge is 0.151 e. The van der Waals surface area contributed by atoms with Gasteiger partial charge in [-0.2, -0.15) is 0 Å². The normalized spacial score (nSPS) is 30.7. The molecule has 2 nitrogen and oxygen atoms in total.